The van der Waals surface area contributed by atoms with E-state index in [1.165, 1.54) is 0 Å². The molecule has 0 bridgehead atoms. The number of hydrogen-bond donors (Lipinski definition) is 2. The van der Waals surface area contributed by atoms with Crippen molar-refractivity contribution in [1.29, 1.82) is 0 Å². The summed E-state index contributed by atoms with van der Waals surface area (Å²) in [6.45, 7) is 7.93. The lowest BCUT2D eigenvalue weighted by molar-refractivity contribution is -0.160. The maximum atomic E-state index is 12.6. The second-order valence-corrected chi connectivity index (χ2v) is 10.2. The molecule has 37 heavy (non-hydrogen) atoms. The topological polar surface area (TPSA) is 111 Å². The maximum absolute atomic E-state index is 12.6. The number of carbonyl (C=O) groups is 2. The zero-order chi connectivity index (χ0) is 26.5. The Morgan fingerprint density at radius 2 is 1.95 bits per heavy atom. The molecule has 5 rings (SSSR count). The van der Waals surface area contributed by atoms with Crippen molar-refractivity contribution in [3.8, 4) is 16.9 Å². The highest BCUT2D eigenvalue weighted by Gasteiger charge is 2.33. The fourth-order valence-electron chi connectivity index (χ4n) is 4.99. The highest BCUT2D eigenvalue weighted by molar-refractivity contribution is 6.08. The number of fused-ring (bicyclic) bond motifs is 1. The molecule has 2 N–H and O–H groups in total. The Morgan fingerprint density at radius 3 is 2.65 bits per heavy atom. The molecule has 8 nitrogen and oxygen atoms in total. The number of aliphatic carboxylic acids is 1. The van der Waals surface area contributed by atoms with Gasteiger partial charge in [-0.1, -0.05) is 0 Å². The average Bonchev–Trinajstić information content (AvgIpc) is 2.86. The van der Waals surface area contributed by atoms with Crippen molar-refractivity contribution in [3.63, 3.8) is 0 Å². The summed E-state index contributed by atoms with van der Waals surface area (Å²) in [6, 6.07) is 11.1. The Morgan fingerprint density at radius 1 is 1.16 bits per heavy atom. The van der Waals surface area contributed by atoms with E-state index in [0.717, 1.165) is 34.2 Å². The first-order valence-electron chi connectivity index (χ1n) is 12.2. The monoisotopic (exact) mass is 499 g/mol. The van der Waals surface area contributed by atoms with E-state index in [-0.39, 0.29) is 11.6 Å². The zero-order valence-corrected chi connectivity index (χ0v) is 21.5. The Labute approximate surface area is 214 Å². The van der Waals surface area contributed by atoms with Crippen molar-refractivity contribution in [2.45, 2.75) is 45.8 Å². The molecule has 1 aliphatic heterocycles. The quantitative estimate of drug-likeness (QED) is 0.398. The molecule has 1 aliphatic rings. The third kappa shape index (κ3) is 4.38. The number of nitrogens with one attached hydrogen (secondary N) is 1. The number of hydrogen-bond acceptors (Lipinski definition) is 6. The van der Waals surface area contributed by atoms with Crippen LogP contribution in [0.1, 0.15) is 54.1 Å². The highest BCUT2D eigenvalue weighted by Crippen LogP contribution is 2.44. The number of amides is 1. The van der Waals surface area contributed by atoms with Gasteiger partial charge in [0.15, 0.2) is 6.10 Å². The summed E-state index contributed by atoms with van der Waals surface area (Å²) in [6.07, 6.45) is 1.30. The zero-order valence-electron chi connectivity index (χ0n) is 21.5. The van der Waals surface area contributed by atoms with Gasteiger partial charge in [0.05, 0.1) is 23.2 Å². The first-order chi connectivity index (χ1) is 17.6. The van der Waals surface area contributed by atoms with E-state index in [1.54, 1.807) is 19.3 Å². The largest absolute Gasteiger partial charge is 0.493 e. The molecule has 3 heterocycles. The van der Waals surface area contributed by atoms with Crippen LogP contribution in [0.25, 0.3) is 32.9 Å². The number of carbonyl (C=O) groups excluding carboxylic acids is 1. The minimum atomic E-state index is -1.24. The molecule has 8 heteroatoms. The molecule has 2 aromatic carbocycles. The van der Waals surface area contributed by atoms with Gasteiger partial charge < -0.3 is 19.9 Å². The van der Waals surface area contributed by atoms with Gasteiger partial charge in [-0.15, -0.1) is 0 Å². The van der Waals surface area contributed by atoms with Gasteiger partial charge in [-0.05, 0) is 80.8 Å². The molecule has 0 spiro atoms. The lowest BCUT2D eigenvalue weighted by Gasteiger charge is -2.29. The predicted molar refractivity (Wildman–Crippen MR) is 141 cm³/mol. The minimum absolute atomic E-state index is 0.275. The van der Waals surface area contributed by atoms with Crippen LogP contribution < -0.4 is 10.1 Å². The van der Waals surface area contributed by atoms with Gasteiger partial charge in [0.25, 0.3) is 5.91 Å². The van der Waals surface area contributed by atoms with Gasteiger partial charge in [-0.3, -0.25) is 9.78 Å². The number of pyridine rings is 2. The molecule has 0 unspecified atom stereocenters. The van der Waals surface area contributed by atoms with Gasteiger partial charge in [0.1, 0.15) is 11.4 Å². The molecule has 0 saturated heterocycles. The van der Waals surface area contributed by atoms with E-state index < -0.39 is 17.7 Å². The van der Waals surface area contributed by atoms with Crippen LogP contribution in [-0.4, -0.2) is 46.2 Å². The summed E-state index contributed by atoms with van der Waals surface area (Å²) in [4.78, 5) is 34.3. The highest BCUT2D eigenvalue weighted by atomic mass is 16.5. The number of benzene rings is 2. The van der Waals surface area contributed by atoms with Crippen molar-refractivity contribution in [2.75, 3.05) is 13.7 Å². The summed E-state index contributed by atoms with van der Waals surface area (Å²) in [5.74, 6) is -0.634. The SMILES string of the molecule is CNC(=O)c1ccc2c(-c3ccc4c5c(ccnc35)CCO4)c([C@H](OC(C)(C)C)C(=O)O)c(C)cc2n1. The summed E-state index contributed by atoms with van der Waals surface area (Å²) >= 11 is 0. The van der Waals surface area contributed by atoms with Gasteiger partial charge in [0, 0.05) is 41.6 Å². The van der Waals surface area contributed by atoms with Crippen molar-refractivity contribution in [3.05, 3.63) is 65.0 Å². The molecule has 0 fully saturated rings. The van der Waals surface area contributed by atoms with Crippen LogP contribution in [0.2, 0.25) is 0 Å². The molecule has 2 aromatic heterocycles. The van der Waals surface area contributed by atoms with Gasteiger partial charge in [-0.2, -0.15) is 0 Å². The van der Waals surface area contributed by atoms with E-state index in [1.807, 2.05) is 58.0 Å². The molecular formula is C29H29N3O5. The lowest BCUT2D eigenvalue weighted by atomic mass is 9.86. The second-order valence-electron chi connectivity index (χ2n) is 10.2. The van der Waals surface area contributed by atoms with E-state index in [9.17, 15) is 14.7 Å². The standard InChI is InChI=1S/C29H29N3O5/c1-15-14-20-17(6-8-19(32-20)27(33)30-5)24(22(15)26(28(34)35)37-29(2,3)4)18-7-9-21-23-16(11-13-36-21)10-12-31-25(18)23/h6-10,12,14,26H,11,13H2,1-5H3,(H,30,33)(H,34,35)/t26-/m0/s1. The number of rotatable bonds is 5. The summed E-state index contributed by atoms with van der Waals surface area (Å²) in [5, 5.41) is 14.6. The van der Waals surface area contributed by atoms with Crippen LogP contribution in [0.3, 0.4) is 0 Å². The minimum Gasteiger partial charge on any atom is -0.493 e. The fraction of sp³-hybridized carbons (Fsp3) is 0.310. The first-order valence-corrected chi connectivity index (χ1v) is 12.2. The number of aryl methyl sites for hydroxylation is 1. The summed E-state index contributed by atoms with van der Waals surface area (Å²) in [5.41, 5.74) is 4.64. The van der Waals surface area contributed by atoms with Crippen LogP contribution in [0.15, 0.2) is 42.6 Å². The number of nitrogens with zero attached hydrogens (tertiary/aromatic N) is 2. The Kier molecular flexibility index (Phi) is 6.07. The molecule has 0 saturated carbocycles. The van der Waals surface area contributed by atoms with E-state index in [2.05, 4.69) is 10.3 Å². The third-order valence-electron chi connectivity index (χ3n) is 6.50. The van der Waals surface area contributed by atoms with Crippen LogP contribution >= 0.6 is 0 Å². The Hall–Kier alpha value is -4.04. The van der Waals surface area contributed by atoms with Crippen LogP contribution in [-0.2, 0) is 16.0 Å². The van der Waals surface area contributed by atoms with Crippen LogP contribution in [0.4, 0.5) is 0 Å². The predicted octanol–water partition coefficient (Wildman–Crippen LogP) is 4.99. The molecule has 1 atom stereocenters. The van der Waals surface area contributed by atoms with Crippen molar-refractivity contribution >= 4 is 33.7 Å². The maximum Gasteiger partial charge on any atom is 0.337 e. The Bertz CT molecular complexity index is 1560. The van der Waals surface area contributed by atoms with Gasteiger partial charge >= 0.3 is 5.97 Å². The van der Waals surface area contributed by atoms with Crippen LogP contribution in [0.5, 0.6) is 5.75 Å². The normalized spacial score (nSPS) is 13.9. The molecular weight excluding hydrogens is 470 g/mol. The summed E-state index contributed by atoms with van der Waals surface area (Å²) < 4.78 is 12.0. The first kappa shape index (κ1) is 24.6. The lowest BCUT2D eigenvalue weighted by Crippen LogP contribution is -2.28. The molecule has 4 aromatic rings. The van der Waals surface area contributed by atoms with E-state index in [4.69, 9.17) is 14.5 Å². The molecule has 190 valence electrons. The number of carboxylic acids is 1. The number of aromatic nitrogens is 2. The van der Waals surface area contributed by atoms with Crippen LogP contribution in [0, 0.1) is 6.92 Å². The van der Waals surface area contributed by atoms with Crippen molar-refractivity contribution < 1.29 is 24.2 Å². The molecule has 1 amide bonds. The van der Waals surface area contributed by atoms with Gasteiger partial charge in [-0.25, -0.2) is 9.78 Å². The van der Waals surface area contributed by atoms with Gasteiger partial charge in [0.2, 0.25) is 0 Å². The molecule has 0 aliphatic carbocycles. The smallest absolute Gasteiger partial charge is 0.337 e. The van der Waals surface area contributed by atoms with E-state index >= 15 is 0 Å². The second kappa shape index (κ2) is 9.12. The van der Waals surface area contributed by atoms with Crippen molar-refractivity contribution in [1.82, 2.24) is 15.3 Å². The number of carboxylic acid groups (broad SMARTS) is 1. The average molecular weight is 500 g/mol. The number of ether oxygens (including phenoxy) is 2. The summed E-state index contributed by atoms with van der Waals surface area (Å²) in [7, 11) is 1.55. The van der Waals surface area contributed by atoms with Crippen molar-refractivity contribution in [2.24, 2.45) is 0 Å². The van der Waals surface area contributed by atoms with E-state index in [0.29, 0.717) is 34.2 Å². The Balaban J connectivity index is 1.90. The molecule has 0 radical (unpaired) electrons. The fourth-order valence-corrected chi connectivity index (χ4v) is 4.99. The third-order valence-corrected chi connectivity index (χ3v) is 6.50.